The number of aryl methyl sites for hydroxylation is 1. The first kappa shape index (κ1) is 23.3. The zero-order valence-corrected chi connectivity index (χ0v) is 20.7. The second kappa shape index (κ2) is 10.4. The number of halogens is 2. The number of rotatable bonds is 5. The molecule has 0 radical (unpaired) electrons. The van der Waals surface area contributed by atoms with Crippen LogP contribution >= 0.6 is 27.5 Å². The Morgan fingerprint density at radius 1 is 0.970 bits per heavy atom. The van der Waals surface area contributed by atoms with Crippen molar-refractivity contribution < 1.29 is 9.59 Å². The molecule has 5 nitrogen and oxygen atoms in total. The Hall–Kier alpha value is -2.83. The average Bonchev–Trinajstić information content (AvgIpc) is 2.81. The van der Waals surface area contributed by atoms with Gasteiger partial charge >= 0.3 is 0 Å². The molecule has 4 rings (SSSR count). The van der Waals surface area contributed by atoms with Crippen molar-refractivity contribution in [1.29, 1.82) is 0 Å². The van der Waals surface area contributed by atoms with Crippen molar-refractivity contribution in [2.24, 2.45) is 0 Å². The molecule has 0 aliphatic carbocycles. The van der Waals surface area contributed by atoms with Crippen molar-refractivity contribution in [3.63, 3.8) is 0 Å². The van der Waals surface area contributed by atoms with Gasteiger partial charge in [-0.05, 0) is 54.4 Å². The summed E-state index contributed by atoms with van der Waals surface area (Å²) in [4.78, 5) is 29.3. The number of piperazine rings is 1. The van der Waals surface area contributed by atoms with Crippen molar-refractivity contribution in [1.82, 2.24) is 4.90 Å². The zero-order valence-electron chi connectivity index (χ0n) is 18.4. The molecule has 33 heavy (non-hydrogen) atoms. The van der Waals surface area contributed by atoms with E-state index in [1.807, 2.05) is 72.5 Å². The molecule has 2 amide bonds. The molecule has 1 fully saturated rings. The van der Waals surface area contributed by atoms with E-state index < -0.39 is 0 Å². The molecule has 0 aromatic heterocycles. The maximum Gasteiger partial charge on any atom is 0.254 e. The third kappa shape index (κ3) is 5.75. The molecule has 0 bridgehead atoms. The predicted octanol–water partition coefficient (Wildman–Crippen LogP) is 5.55. The summed E-state index contributed by atoms with van der Waals surface area (Å²) in [6.07, 6.45) is 0.295. The summed E-state index contributed by atoms with van der Waals surface area (Å²) in [6.45, 7) is 4.63. The van der Waals surface area contributed by atoms with Gasteiger partial charge in [0.15, 0.2) is 0 Å². The van der Waals surface area contributed by atoms with Gasteiger partial charge in [-0.2, -0.15) is 0 Å². The topological polar surface area (TPSA) is 52.7 Å². The molecule has 3 aromatic rings. The van der Waals surface area contributed by atoms with Crippen molar-refractivity contribution in [2.45, 2.75) is 13.3 Å². The van der Waals surface area contributed by atoms with Crippen LogP contribution in [0.4, 0.5) is 11.4 Å². The van der Waals surface area contributed by atoms with Crippen LogP contribution in [0.5, 0.6) is 0 Å². The highest BCUT2D eigenvalue weighted by atomic mass is 79.9. The summed E-state index contributed by atoms with van der Waals surface area (Å²) < 4.78 is 0.981. The lowest BCUT2D eigenvalue weighted by Crippen LogP contribution is -2.49. The minimum absolute atomic E-state index is 0.0719. The molecule has 0 saturated carbocycles. The van der Waals surface area contributed by atoms with Gasteiger partial charge in [-0.1, -0.05) is 57.9 Å². The fourth-order valence-electron chi connectivity index (χ4n) is 3.97. The van der Waals surface area contributed by atoms with Gasteiger partial charge in [0.25, 0.3) is 5.91 Å². The number of nitrogens with zero attached hydrogens (tertiary/aromatic N) is 2. The van der Waals surface area contributed by atoms with Gasteiger partial charge in [-0.3, -0.25) is 9.59 Å². The first-order valence-corrected chi connectivity index (χ1v) is 12.0. The van der Waals surface area contributed by atoms with Gasteiger partial charge in [0.1, 0.15) is 0 Å². The normalized spacial score (nSPS) is 13.7. The minimum atomic E-state index is -0.0931. The van der Waals surface area contributed by atoms with Gasteiger partial charge in [-0.25, -0.2) is 0 Å². The molecule has 0 unspecified atom stereocenters. The molecule has 1 aliphatic heterocycles. The average molecular weight is 527 g/mol. The Morgan fingerprint density at radius 3 is 2.33 bits per heavy atom. The molecule has 1 saturated heterocycles. The summed E-state index contributed by atoms with van der Waals surface area (Å²) in [5, 5.41) is 3.49. The van der Waals surface area contributed by atoms with Crippen molar-refractivity contribution in [3.05, 3.63) is 92.9 Å². The van der Waals surface area contributed by atoms with E-state index >= 15 is 0 Å². The lowest BCUT2D eigenvalue weighted by atomic mass is 10.1. The Bertz CT molecular complexity index is 1160. The van der Waals surface area contributed by atoms with Crippen LogP contribution in [0.3, 0.4) is 0 Å². The van der Waals surface area contributed by atoms with E-state index in [4.69, 9.17) is 11.6 Å². The number of amides is 2. The smallest absolute Gasteiger partial charge is 0.254 e. The third-order valence-electron chi connectivity index (χ3n) is 5.79. The molecule has 1 N–H and O–H groups in total. The number of carbonyl (C=O) groups is 2. The van der Waals surface area contributed by atoms with E-state index in [2.05, 4.69) is 26.1 Å². The summed E-state index contributed by atoms with van der Waals surface area (Å²) >= 11 is 9.96. The highest BCUT2D eigenvalue weighted by Crippen LogP contribution is 2.30. The van der Waals surface area contributed by atoms with Crippen LogP contribution in [0.25, 0.3) is 0 Å². The van der Waals surface area contributed by atoms with E-state index in [1.165, 1.54) is 0 Å². The Morgan fingerprint density at radius 2 is 1.67 bits per heavy atom. The fourth-order valence-corrected chi connectivity index (χ4v) is 4.53. The SMILES string of the molecule is Cc1ccccc1C(=O)N1CCN(c2ccc(NC(=O)Cc3ccc(Br)cc3)cc2Cl)CC1. The maximum atomic E-state index is 12.9. The van der Waals surface area contributed by atoms with E-state index in [9.17, 15) is 9.59 Å². The van der Waals surface area contributed by atoms with Crippen LogP contribution in [-0.2, 0) is 11.2 Å². The monoisotopic (exact) mass is 525 g/mol. The second-order valence-corrected chi connectivity index (χ2v) is 9.43. The Balaban J connectivity index is 1.35. The van der Waals surface area contributed by atoms with Gasteiger partial charge < -0.3 is 15.1 Å². The molecule has 1 heterocycles. The van der Waals surface area contributed by atoms with Gasteiger partial charge in [-0.15, -0.1) is 0 Å². The molecule has 7 heteroatoms. The van der Waals surface area contributed by atoms with Crippen LogP contribution in [0.15, 0.2) is 71.2 Å². The van der Waals surface area contributed by atoms with E-state index in [0.29, 0.717) is 43.3 Å². The van der Waals surface area contributed by atoms with E-state index in [-0.39, 0.29) is 11.8 Å². The lowest BCUT2D eigenvalue weighted by molar-refractivity contribution is -0.115. The number of carbonyl (C=O) groups excluding carboxylic acids is 2. The van der Waals surface area contributed by atoms with Crippen LogP contribution in [-0.4, -0.2) is 42.9 Å². The van der Waals surface area contributed by atoms with Crippen LogP contribution < -0.4 is 10.2 Å². The van der Waals surface area contributed by atoms with Crippen LogP contribution in [0.2, 0.25) is 5.02 Å². The number of hydrogen-bond donors (Lipinski definition) is 1. The van der Waals surface area contributed by atoms with Crippen LogP contribution in [0, 0.1) is 6.92 Å². The molecular formula is C26H25BrClN3O2. The zero-order chi connectivity index (χ0) is 23.4. The molecule has 0 spiro atoms. The van der Waals surface area contributed by atoms with Crippen molar-refractivity contribution in [2.75, 3.05) is 36.4 Å². The summed E-state index contributed by atoms with van der Waals surface area (Å²) in [5.74, 6) is -0.0212. The number of hydrogen-bond acceptors (Lipinski definition) is 3. The number of nitrogens with one attached hydrogen (secondary N) is 1. The quantitative estimate of drug-likeness (QED) is 0.474. The molecule has 170 valence electrons. The van der Waals surface area contributed by atoms with Crippen molar-refractivity contribution >= 4 is 50.7 Å². The molecular weight excluding hydrogens is 502 g/mol. The second-order valence-electron chi connectivity index (χ2n) is 8.11. The van der Waals surface area contributed by atoms with Gasteiger partial charge in [0.05, 0.1) is 17.1 Å². The standard InChI is InChI=1S/C26H25BrClN3O2/c1-18-4-2-3-5-22(18)26(33)31-14-12-30(13-15-31)24-11-10-21(17-23(24)28)29-25(32)16-19-6-8-20(27)9-7-19/h2-11,17H,12-16H2,1H3,(H,29,32). The first-order valence-electron chi connectivity index (χ1n) is 10.8. The first-order chi connectivity index (χ1) is 15.9. The lowest BCUT2D eigenvalue weighted by Gasteiger charge is -2.36. The Labute approximate surface area is 207 Å². The maximum absolute atomic E-state index is 12.9. The minimum Gasteiger partial charge on any atom is -0.367 e. The summed E-state index contributed by atoms with van der Waals surface area (Å²) in [6, 6.07) is 20.9. The Kier molecular flexibility index (Phi) is 7.36. The van der Waals surface area contributed by atoms with Gasteiger partial charge in [0.2, 0.25) is 5.91 Å². The fraction of sp³-hybridized carbons (Fsp3) is 0.231. The van der Waals surface area contributed by atoms with Crippen LogP contribution in [0.1, 0.15) is 21.5 Å². The highest BCUT2D eigenvalue weighted by molar-refractivity contribution is 9.10. The number of anilines is 2. The highest BCUT2D eigenvalue weighted by Gasteiger charge is 2.24. The third-order valence-corrected chi connectivity index (χ3v) is 6.62. The number of benzene rings is 3. The summed E-state index contributed by atoms with van der Waals surface area (Å²) in [5.41, 5.74) is 4.26. The van der Waals surface area contributed by atoms with E-state index in [1.54, 1.807) is 6.07 Å². The van der Waals surface area contributed by atoms with Gasteiger partial charge in [0, 0.05) is 41.9 Å². The molecule has 0 atom stereocenters. The molecule has 3 aromatic carbocycles. The largest absolute Gasteiger partial charge is 0.367 e. The van der Waals surface area contributed by atoms with E-state index in [0.717, 1.165) is 26.9 Å². The van der Waals surface area contributed by atoms with Crippen molar-refractivity contribution in [3.8, 4) is 0 Å². The summed E-state index contributed by atoms with van der Waals surface area (Å²) in [7, 11) is 0. The predicted molar refractivity (Wildman–Crippen MR) is 137 cm³/mol. The molecule has 1 aliphatic rings.